The number of rotatable bonds is 4. The monoisotopic (exact) mass is 295 g/mol. The summed E-state index contributed by atoms with van der Waals surface area (Å²) in [6.45, 7) is 9.23. The van der Waals surface area contributed by atoms with E-state index in [1.165, 1.54) is 24.3 Å². The number of amides is 2. The van der Waals surface area contributed by atoms with Crippen LogP contribution in [0.15, 0.2) is 34.5 Å². The summed E-state index contributed by atoms with van der Waals surface area (Å²) in [6, 6.07) is 5.16. The quantitative estimate of drug-likeness (QED) is 0.587. The minimum absolute atomic E-state index is 0.304. The molecule has 0 unspecified atom stereocenters. The molecule has 0 aliphatic rings. The van der Waals surface area contributed by atoms with Crippen LogP contribution in [0.3, 0.4) is 0 Å². The molecule has 21 heavy (non-hydrogen) atoms. The molecule has 0 fully saturated rings. The minimum atomic E-state index is -0.832. The van der Waals surface area contributed by atoms with Crippen LogP contribution in [0, 0.1) is 5.82 Å². The Morgan fingerprint density at radius 3 is 2.14 bits per heavy atom. The standard InChI is InChI=1S/C14H22FN5O/c1-13(2,3)19-20-14(4,5)16-12(21)18-17-11-8-6-10(15)7-9-11/h6-9,17H,1-5H3,(H2,16,18,21). The predicted molar refractivity (Wildman–Crippen MR) is 80.4 cm³/mol. The first-order valence-electron chi connectivity index (χ1n) is 6.61. The molecule has 0 aliphatic carbocycles. The highest BCUT2D eigenvalue weighted by Crippen LogP contribution is 2.12. The second-order valence-corrected chi connectivity index (χ2v) is 6.14. The van der Waals surface area contributed by atoms with E-state index in [4.69, 9.17) is 0 Å². The number of anilines is 1. The van der Waals surface area contributed by atoms with Crippen molar-refractivity contribution in [3.05, 3.63) is 30.1 Å². The Kier molecular flexibility index (Phi) is 5.23. The fraction of sp³-hybridized carbons (Fsp3) is 0.500. The van der Waals surface area contributed by atoms with E-state index in [9.17, 15) is 9.18 Å². The lowest BCUT2D eigenvalue weighted by Gasteiger charge is -2.22. The van der Waals surface area contributed by atoms with E-state index in [2.05, 4.69) is 26.4 Å². The third kappa shape index (κ3) is 7.24. The Morgan fingerprint density at radius 1 is 1.05 bits per heavy atom. The molecule has 1 aromatic rings. The molecule has 0 atom stereocenters. The first kappa shape index (κ1) is 16.9. The number of halogens is 1. The summed E-state index contributed by atoms with van der Waals surface area (Å²) >= 11 is 0. The molecule has 0 spiro atoms. The van der Waals surface area contributed by atoms with Gasteiger partial charge in [0, 0.05) is 0 Å². The Morgan fingerprint density at radius 2 is 1.62 bits per heavy atom. The van der Waals surface area contributed by atoms with Gasteiger partial charge in [0.1, 0.15) is 11.5 Å². The van der Waals surface area contributed by atoms with Gasteiger partial charge in [-0.2, -0.15) is 10.2 Å². The number of carbonyl (C=O) groups is 1. The summed E-state index contributed by atoms with van der Waals surface area (Å²) in [4.78, 5) is 11.8. The van der Waals surface area contributed by atoms with Crippen molar-refractivity contribution in [2.75, 3.05) is 5.43 Å². The number of benzene rings is 1. The number of nitrogens with zero attached hydrogens (tertiary/aromatic N) is 2. The highest BCUT2D eigenvalue weighted by atomic mass is 19.1. The molecule has 0 bridgehead atoms. The summed E-state index contributed by atoms with van der Waals surface area (Å²) < 4.78 is 12.7. The third-order valence-electron chi connectivity index (χ3n) is 2.18. The first-order chi connectivity index (χ1) is 9.57. The van der Waals surface area contributed by atoms with Crippen molar-refractivity contribution >= 4 is 11.7 Å². The maximum atomic E-state index is 12.7. The molecule has 1 aromatic carbocycles. The van der Waals surface area contributed by atoms with Crippen LogP contribution in [0.1, 0.15) is 34.6 Å². The van der Waals surface area contributed by atoms with Crippen molar-refractivity contribution in [2.45, 2.75) is 45.8 Å². The van der Waals surface area contributed by atoms with Crippen molar-refractivity contribution in [3.63, 3.8) is 0 Å². The molecule has 0 aromatic heterocycles. The van der Waals surface area contributed by atoms with Crippen molar-refractivity contribution in [1.29, 1.82) is 0 Å². The number of hydrogen-bond acceptors (Lipinski definition) is 4. The van der Waals surface area contributed by atoms with Crippen LogP contribution in [0.2, 0.25) is 0 Å². The lowest BCUT2D eigenvalue weighted by atomic mass is 10.1. The number of carbonyl (C=O) groups excluding carboxylic acids is 1. The van der Waals surface area contributed by atoms with Gasteiger partial charge in [-0.25, -0.2) is 9.18 Å². The van der Waals surface area contributed by atoms with Gasteiger partial charge in [0.2, 0.25) is 0 Å². The van der Waals surface area contributed by atoms with Gasteiger partial charge in [-0.05, 0) is 58.9 Å². The Labute approximate surface area is 124 Å². The van der Waals surface area contributed by atoms with Gasteiger partial charge in [-0.1, -0.05) is 0 Å². The van der Waals surface area contributed by atoms with Gasteiger partial charge < -0.3 is 5.32 Å². The maximum Gasteiger partial charge on any atom is 0.335 e. The lowest BCUT2D eigenvalue weighted by molar-refractivity contribution is 0.230. The molecule has 0 heterocycles. The highest BCUT2D eigenvalue weighted by molar-refractivity contribution is 5.76. The van der Waals surface area contributed by atoms with Gasteiger partial charge in [-0.15, -0.1) is 0 Å². The van der Waals surface area contributed by atoms with Crippen molar-refractivity contribution < 1.29 is 9.18 Å². The molecule has 0 aliphatic heterocycles. The van der Waals surface area contributed by atoms with E-state index < -0.39 is 11.7 Å². The summed E-state index contributed by atoms with van der Waals surface area (Å²) in [5.41, 5.74) is 4.55. The average Bonchev–Trinajstić information content (AvgIpc) is 2.35. The molecular weight excluding hydrogens is 273 g/mol. The van der Waals surface area contributed by atoms with E-state index in [1.54, 1.807) is 13.8 Å². The van der Waals surface area contributed by atoms with Gasteiger partial charge in [0.15, 0.2) is 0 Å². The van der Waals surface area contributed by atoms with Crippen LogP contribution in [0.4, 0.5) is 14.9 Å². The van der Waals surface area contributed by atoms with E-state index in [1.807, 2.05) is 20.8 Å². The van der Waals surface area contributed by atoms with E-state index in [0.717, 1.165) is 0 Å². The van der Waals surface area contributed by atoms with Crippen LogP contribution >= 0.6 is 0 Å². The topological polar surface area (TPSA) is 77.9 Å². The Balaban J connectivity index is 2.49. The van der Waals surface area contributed by atoms with Crippen LogP contribution in [0.25, 0.3) is 0 Å². The summed E-state index contributed by atoms with van der Waals surface area (Å²) in [5.74, 6) is -0.339. The first-order valence-corrected chi connectivity index (χ1v) is 6.61. The van der Waals surface area contributed by atoms with Crippen molar-refractivity contribution in [2.24, 2.45) is 10.2 Å². The molecule has 6 nitrogen and oxygen atoms in total. The Bertz CT molecular complexity index is 505. The van der Waals surface area contributed by atoms with Crippen LogP contribution in [0.5, 0.6) is 0 Å². The smallest absolute Gasteiger partial charge is 0.311 e. The zero-order valence-corrected chi connectivity index (χ0v) is 13.0. The third-order valence-corrected chi connectivity index (χ3v) is 2.18. The van der Waals surface area contributed by atoms with Crippen LogP contribution < -0.4 is 16.2 Å². The fourth-order valence-electron chi connectivity index (χ4n) is 1.27. The maximum absolute atomic E-state index is 12.7. The largest absolute Gasteiger partial charge is 0.335 e. The molecule has 3 N–H and O–H groups in total. The molecule has 0 saturated carbocycles. The van der Waals surface area contributed by atoms with Crippen LogP contribution in [-0.4, -0.2) is 17.2 Å². The zero-order chi connectivity index (χ0) is 16.1. The number of nitrogens with one attached hydrogen (secondary N) is 3. The SMILES string of the molecule is CC(C)(C)N=NC(C)(C)NC(=O)NNc1ccc(F)cc1. The van der Waals surface area contributed by atoms with E-state index >= 15 is 0 Å². The van der Waals surface area contributed by atoms with E-state index in [-0.39, 0.29) is 11.4 Å². The van der Waals surface area contributed by atoms with Crippen LogP contribution in [-0.2, 0) is 0 Å². The van der Waals surface area contributed by atoms with Gasteiger partial charge in [-0.3, -0.25) is 10.9 Å². The summed E-state index contributed by atoms with van der Waals surface area (Å²) in [7, 11) is 0. The minimum Gasteiger partial charge on any atom is -0.311 e. The highest BCUT2D eigenvalue weighted by Gasteiger charge is 2.20. The number of azo groups is 1. The molecule has 0 radical (unpaired) electrons. The van der Waals surface area contributed by atoms with Gasteiger partial charge in [0.05, 0.1) is 11.2 Å². The summed E-state index contributed by atoms with van der Waals surface area (Å²) in [6.07, 6.45) is 0. The molecule has 2 amide bonds. The van der Waals surface area contributed by atoms with Gasteiger partial charge in [0.25, 0.3) is 0 Å². The summed E-state index contributed by atoms with van der Waals surface area (Å²) in [5, 5.41) is 10.9. The average molecular weight is 295 g/mol. The second-order valence-electron chi connectivity index (χ2n) is 6.14. The molecule has 7 heteroatoms. The van der Waals surface area contributed by atoms with Crippen molar-refractivity contribution in [1.82, 2.24) is 10.7 Å². The lowest BCUT2D eigenvalue weighted by Crippen LogP contribution is -2.48. The van der Waals surface area contributed by atoms with Gasteiger partial charge >= 0.3 is 6.03 Å². The predicted octanol–water partition coefficient (Wildman–Crippen LogP) is 3.44. The second kappa shape index (κ2) is 6.51. The number of hydrazine groups is 1. The normalized spacial score (nSPS) is 12.3. The Hall–Kier alpha value is -2.18. The molecule has 1 rings (SSSR count). The fourth-order valence-corrected chi connectivity index (χ4v) is 1.27. The zero-order valence-electron chi connectivity index (χ0n) is 13.0. The number of hydrogen-bond donors (Lipinski definition) is 3. The number of urea groups is 1. The molecule has 0 saturated heterocycles. The molecule has 116 valence electrons. The van der Waals surface area contributed by atoms with E-state index in [0.29, 0.717) is 5.69 Å². The molecular formula is C14H22FN5O. The van der Waals surface area contributed by atoms with Crippen molar-refractivity contribution in [3.8, 4) is 0 Å².